The number of aryl methyl sites for hydroxylation is 1. The molecule has 0 atom stereocenters. The molecule has 21 heavy (non-hydrogen) atoms. The summed E-state index contributed by atoms with van der Waals surface area (Å²) in [4.78, 5) is 17.8. The number of methoxy groups -OCH3 is 1. The number of aromatic nitrogens is 1. The van der Waals surface area contributed by atoms with E-state index < -0.39 is 0 Å². The second-order valence-electron chi connectivity index (χ2n) is 5.09. The predicted octanol–water partition coefficient (Wildman–Crippen LogP) is 2.40. The van der Waals surface area contributed by atoms with E-state index in [0.717, 1.165) is 16.8 Å². The molecular weight excluding hydrogens is 268 g/mol. The number of pyridine rings is 1. The maximum absolute atomic E-state index is 11.4. The number of rotatable bonds is 2. The van der Waals surface area contributed by atoms with Crippen molar-refractivity contribution in [2.75, 3.05) is 12.0 Å². The van der Waals surface area contributed by atoms with Crippen LogP contribution in [0.25, 0.3) is 0 Å². The lowest BCUT2D eigenvalue weighted by atomic mass is 10.1. The molecular formula is C16H16N2O3. The summed E-state index contributed by atoms with van der Waals surface area (Å²) in [6.45, 7) is 3.14. The van der Waals surface area contributed by atoms with Crippen LogP contribution in [-0.4, -0.2) is 23.2 Å². The molecule has 1 aromatic heterocycles. The van der Waals surface area contributed by atoms with E-state index in [1.54, 1.807) is 19.1 Å². The van der Waals surface area contributed by atoms with Crippen molar-refractivity contribution in [3.63, 3.8) is 0 Å². The van der Waals surface area contributed by atoms with Crippen LogP contribution in [-0.2, 0) is 17.8 Å². The highest BCUT2D eigenvalue weighted by atomic mass is 16.5. The molecule has 108 valence electrons. The molecule has 1 aliphatic heterocycles. The Hall–Kier alpha value is -2.56. The normalized spacial score (nSPS) is 13.1. The van der Waals surface area contributed by atoms with Crippen LogP contribution in [0.1, 0.15) is 27.2 Å². The Balaban J connectivity index is 1.84. The van der Waals surface area contributed by atoms with E-state index in [-0.39, 0.29) is 11.7 Å². The van der Waals surface area contributed by atoms with E-state index >= 15 is 0 Å². The molecule has 0 aliphatic carbocycles. The maximum atomic E-state index is 11.4. The van der Waals surface area contributed by atoms with Crippen LogP contribution in [0.15, 0.2) is 30.5 Å². The number of esters is 1. The van der Waals surface area contributed by atoms with Gasteiger partial charge in [0.15, 0.2) is 0 Å². The Morgan fingerprint density at radius 3 is 2.67 bits per heavy atom. The Bertz CT molecular complexity index is 695. The average molecular weight is 284 g/mol. The van der Waals surface area contributed by atoms with Crippen molar-refractivity contribution in [3.05, 3.63) is 52.8 Å². The van der Waals surface area contributed by atoms with Gasteiger partial charge >= 0.3 is 5.97 Å². The highest BCUT2D eigenvalue weighted by Crippen LogP contribution is 2.34. The summed E-state index contributed by atoms with van der Waals surface area (Å²) < 4.78 is 4.69. The van der Waals surface area contributed by atoms with Crippen LogP contribution < -0.4 is 4.90 Å². The van der Waals surface area contributed by atoms with E-state index in [9.17, 15) is 9.90 Å². The first-order valence-electron chi connectivity index (χ1n) is 6.70. The van der Waals surface area contributed by atoms with Crippen molar-refractivity contribution in [2.24, 2.45) is 0 Å². The van der Waals surface area contributed by atoms with Crippen LogP contribution in [0.5, 0.6) is 5.75 Å². The lowest BCUT2D eigenvalue weighted by Gasteiger charge is -2.17. The van der Waals surface area contributed by atoms with E-state index in [1.807, 2.05) is 18.3 Å². The van der Waals surface area contributed by atoms with Gasteiger partial charge in [0.25, 0.3) is 0 Å². The van der Waals surface area contributed by atoms with Gasteiger partial charge in [0, 0.05) is 30.5 Å². The molecule has 3 rings (SSSR count). The minimum absolute atomic E-state index is 0.279. The maximum Gasteiger partial charge on any atom is 0.337 e. The van der Waals surface area contributed by atoms with Gasteiger partial charge in [-0.1, -0.05) is 0 Å². The predicted molar refractivity (Wildman–Crippen MR) is 78.3 cm³/mol. The topological polar surface area (TPSA) is 62.7 Å². The fraction of sp³-hybridized carbons (Fsp3) is 0.250. The molecule has 1 aliphatic rings. The highest BCUT2D eigenvalue weighted by molar-refractivity contribution is 5.89. The van der Waals surface area contributed by atoms with Crippen LogP contribution in [0.2, 0.25) is 0 Å². The number of carbonyl (C=O) groups is 1. The molecule has 0 saturated heterocycles. The fourth-order valence-corrected chi connectivity index (χ4v) is 2.56. The van der Waals surface area contributed by atoms with Crippen molar-refractivity contribution in [2.45, 2.75) is 20.0 Å². The van der Waals surface area contributed by atoms with Gasteiger partial charge in [0.05, 0.1) is 18.4 Å². The zero-order valence-electron chi connectivity index (χ0n) is 12.0. The van der Waals surface area contributed by atoms with Gasteiger partial charge in [-0.05, 0) is 36.8 Å². The number of hydrogen-bond donors (Lipinski definition) is 1. The molecule has 1 aromatic carbocycles. The number of fused-ring (bicyclic) bond motifs is 1. The quantitative estimate of drug-likeness (QED) is 0.858. The Labute approximate surface area is 122 Å². The molecule has 0 spiro atoms. The average Bonchev–Trinajstić information content (AvgIpc) is 2.95. The van der Waals surface area contributed by atoms with Crippen LogP contribution in [0.4, 0.5) is 5.69 Å². The third-order valence-electron chi connectivity index (χ3n) is 3.79. The van der Waals surface area contributed by atoms with Gasteiger partial charge in [0.2, 0.25) is 0 Å². The molecule has 0 saturated carbocycles. The zero-order chi connectivity index (χ0) is 15.0. The van der Waals surface area contributed by atoms with Crippen LogP contribution >= 0.6 is 0 Å². The highest BCUT2D eigenvalue weighted by Gasteiger charge is 2.23. The SMILES string of the molecule is COC(=O)c1ccc(N2Cc3cnc(C)c(O)c3C2)cc1. The molecule has 0 bridgehead atoms. The monoisotopic (exact) mass is 284 g/mol. The number of anilines is 1. The summed E-state index contributed by atoms with van der Waals surface area (Å²) in [7, 11) is 1.37. The Morgan fingerprint density at radius 1 is 1.29 bits per heavy atom. The number of nitrogens with zero attached hydrogens (tertiary/aromatic N) is 2. The number of carbonyl (C=O) groups excluding carboxylic acids is 1. The standard InChI is InChI=1S/C16H16N2O3/c1-10-15(19)14-9-18(8-12(14)7-17-10)13-5-3-11(4-6-13)16(20)21-2/h3-7,19H,8-9H2,1-2H3. The smallest absolute Gasteiger partial charge is 0.337 e. The van der Waals surface area contributed by atoms with E-state index in [0.29, 0.717) is 24.3 Å². The molecule has 5 heteroatoms. The van der Waals surface area contributed by atoms with E-state index in [4.69, 9.17) is 0 Å². The third kappa shape index (κ3) is 2.31. The first-order chi connectivity index (χ1) is 10.1. The van der Waals surface area contributed by atoms with E-state index in [1.165, 1.54) is 7.11 Å². The summed E-state index contributed by atoms with van der Waals surface area (Å²) in [5.41, 5.74) is 4.14. The number of hydrogen-bond acceptors (Lipinski definition) is 5. The Kier molecular flexibility index (Phi) is 3.25. The molecule has 0 radical (unpaired) electrons. The zero-order valence-corrected chi connectivity index (χ0v) is 12.0. The van der Waals surface area contributed by atoms with Gasteiger partial charge in [-0.15, -0.1) is 0 Å². The van der Waals surface area contributed by atoms with Crippen molar-refractivity contribution in [1.29, 1.82) is 0 Å². The first kappa shape index (κ1) is 13.4. The lowest BCUT2D eigenvalue weighted by molar-refractivity contribution is 0.0601. The molecule has 0 amide bonds. The summed E-state index contributed by atoms with van der Waals surface area (Å²) in [6.07, 6.45) is 1.81. The molecule has 2 heterocycles. The molecule has 5 nitrogen and oxygen atoms in total. The van der Waals surface area contributed by atoms with Gasteiger partial charge in [-0.3, -0.25) is 4.98 Å². The van der Waals surface area contributed by atoms with Crippen molar-refractivity contribution in [3.8, 4) is 5.75 Å². The van der Waals surface area contributed by atoms with Gasteiger partial charge in [-0.2, -0.15) is 0 Å². The summed E-state index contributed by atoms with van der Waals surface area (Å²) >= 11 is 0. The van der Waals surface area contributed by atoms with Crippen LogP contribution in [0.3, 0.4) is 0 Å². The summed E-state index contributed by atoms with van der Waals surface area (Å²) in [5.74, 6) is -0.0649. The van der Waals surface area contributed by atoms with Crippen molar-refractivity contribution in [1.82, 2.24) is 4.98 Å². The van der Waals surface area contributed by atoms with Gasteiger partial charge < -0.3 is 14.7 Å². The first-order valence-corrected chi connectivity index (χ1v) is 6.70. The second kappa shape index (κ2) is 5.09. The lowest BCUT2D eigenvalue weighted by Crippen LogP contribution is -2.14. The fourth-order valence-electron chi connectivity index (χ4n) is 2.56. The molecule has 1 N–H and O–H groups in total. The Morgan fingerprint density at radius 2 is 2.00 bits per heavy atom. The summed E-state index contributed by atoms with van der Waals surface area (Å²) in [6, 6.07) is 7.26. The van der Waals surface area contributed by atoms with Crippen molar-refractivity contribution >= 4 is 11.7 Å². The third-order valence-corrected chi connectivity index (χ3v) is 3.79. The molecule has 0 unspecified atom stereocenters. The van der Waals surface area contributed by atoms with Gasteiger partial charge in [0.1, 0.15) is 5.75 Å². The summed E-state index contributed by atoms with van der Waals surface area (Å²) in [5, 5.41) is 10.1. The number of aromatic hydroxyl groups is 1. The van der Waals surface area contributed by atoms with Gasteiger partial charge in [-0.25, -0.2) is 4.79 Å². The number of ether oxygens (including phenoxy) is 1. The van der Waals surface area contributed by atoms with Crippen LogP contribution in [0, 0.1) is 6.92 Å². The minimum Gasteiger partial charge on any atom is -0.506 e. The minimum atomic E-state index is -0.344. The van der Waals surface area contributed by atoms with E-state index in [2.05, 4.69) is 14.6 Å². The van der Waals surface area contributed by atoms with Crippen molar-refractivity contribution < 1.29 is 14.6 Å². The molecule has 0 fully saturated rings. The largest absolute Gasteiger partial charge is 0.506 e. The molecule has 2 aromatic rings. The number of benzene rings is 1. The second-order valence-corrected chi connectivity index (χ2v) is 5.09.